The van der Waals surface area contributed by atoms with E-state index >= 15 is 0 Å². The summed E-state index contributed by atoms with van der Waals surface area (Å²) in [7, 11) is 0. The molecule has 152 valence electrons. The number of aryl methyl sites for hydroxylation is 2. The van der Waals surface area contributed by atoms with Crippen LogP contribution in [0.3, 0.4) is 0 Å². The maximum Gasteiger partial charge on any atom is 0.362 e. The summed E-state index contributed by atoms with van der Waals surface area (Å²) >= 11 is 0. The van der Waals surface area contributed by atoms with Gasteiger partial charge in [-0.25, -0.2) is 24.4 Å². The van der Waals surface area contributed by atoms with E-state index < -0.39 is 11.4 Å². The molecule has 0 aliphatic rings. The van der Waals surface area contributed by atoms with E-state index in [-0.39, 0.29) is 12.3 Å². The van der Waals surface area contributed by atoms with Gasteiger partial charge < -0.3 is 15.0 Å². The highest BCUT2D eigenvalue weighted by Crippen LogP contribution is 2.14. The van der Waals surface area contributed by atoms with Crippen LogP contribution in [0.2, 0.25) is 0 Å². The zero-order valence-electron chi connectivity index (χ0n) is 16.2. The van der Waals surface area contributed by atoms with Crippen LogP contribution in [-0.2, 0) is 11.3 Å². The Morgan fingerprint density at radius 1 is 1.17 bits per heavy atom. The summed E-state index contributed by atoms with van der Waals surface area (Å²) in [6.45, 7) is 2.37. The van der Waals surface area contributed by atoms with Crippen molar-refractivity contribution >= 4 is 23.0 Å². The van der Waals surface area contributed by atoms with Gasteiger partial charge >= 0.3 is 5.97 Å². The Hall–Kier alpha value is -4.08. The molecule has 10 nitrogen and oxygen atoms in total. The fourth-order valence-electron chi connectivity index (χ4n) is 3.05. The number of nitrogens with two attached hydrogens (primary N) is 1. The molecule has 0 aliphatic heterocycles. The largest absolute Gasteiger partial charge is 0.461 e. The Morgan fingerprint density at radius 2 is 1.97 bits per heavy atom. The van der Waals surface area contributed by atoms with Crippen LogP contribution in [0, 0.1) is 6.92 Å². The van der Waals surface area contributed by atoms with Gasteiger partial charge in [0.05, 0.1) is 18.6 Å². The normalized spacial score (nSPS) is 11.0. The molecule has 0 saturated heterocycles. The predicted octanol–water partition coefficient (Wildman–Crippen LogP) is 1.51. The number of anilines is 1. The van der Waals surface area contributed by atoms with Crippen LogP contribution < -0.4 is 11.2 Å². The first-order valence-electron chi connectivity index (χ1n) is 9.29. The van der Waals surface area contributed by atoms with Crippen molar-refractivity contribution < 1.29 is 9.53 Å². The smallest absolute Gasteiger partial charge is 0.362 e. The minimum absolute atomic E-state index is 0.111. The molecule has 1 aromatic carbocycles. The molecule has 0 aliphatic carbocycles. The summed E-state index contributed by atoms with van der Waals surface area (Å²) in [5, 5.41) is 4.20. The summed E-state index contributed by atoms with van der Waals surface area (Å²) in [5.74, 6) is -0.447. The summed E-state index contributed by atoms with van der Waals surface area (Å²) in [5.41, 5.74) is 7.55. The van der Waals surface area contributed by atoms with Crippen molar-refractivity contribution in [2.45, 2.75) is 19.9 Å². The molecule has 0 spiro atoms. The third-order valence-corrected chi connectivity index (χ3v) is 4.51. The van der Waals surface area contributed by atoms with Crippen molar-refractivity contribution in [2.24, 2.45) is 0 Å². The van der Waals surface area contributed by atoms with Crippen molar-refractivity contribution in [1.82, 2.24) is 29.3 Å². The average molecular weight is 405 g/mol. The molecule has 0 unspecified atom stereocenters. The minimum Gasteiger partial charge on any atom is -0.461 e. The highest BCUT2D eigenvalue weighted by molar-refractivity contribution is 5.87. The lowest BCUT2D eigenvalue weighted by molar-refractivity contribution is 0.0485. The van der Waals surface area contributed by atoms with E-state index in [1.807, 2.05) is 30.3 Å². The van der Waals surface area contributed by atoms with Crippen LogP contribution in [-0.4, -0.2) is 41.9 Å². The number of carbonyl (C=O) groups excluding carboxylic acids is 1. The zero-order chi connectivity index (χ0) is 21.1. The molecule has 10 heteroatoms. The molecule has 0 fully saturated rings. The number of carbonyl (C=O) groups is 1. The van der Waals surface area contributed by atoms with Gasteiger partial charge in [0.25, 0.3) is 0 Å². The van der Waals surface area contributed by atoms with Crippen molar-refractivity contribution in [3.63, 3.8) is 0 Å². The molecule has 3 aromatic heterocycles. The number of aromatic nitrogens is 6. The van der Waals surface area contributed by atoms with Gasteiger partial charge in [0.1, 0.15) is 11.8 Å². The quantitative estimate of drug-likeness (QED) is 0.377. The number of imidazole rings is 1. The van der Waals surface area contributed by atoms with E-state index in [9.17, 15) is 9.59 Å². The Balaban J connectivity index is 1.43. The van der Waals surface area contributed by atoms with Gasteiger partial charge in [-0.15, -0.1) is 0 Å². The molecule has 0 radical (unpaired) electrons. The van der Waals surface area contributed by atoms with Crippen LogP contribution >= 0.6 is 0 Å². The van der Waals surface area contributed by atoms with E-state index in [2.05, 4.69) is 20.1 Å². The number of hydrogen-bond acceptors (Lipinski definition) is 8. The molecule has 0 amide bonds. The van der Waals surface area contributed by atoms with Gasteiger partial charge in [-0.05, 0) is 25.5 Å². The molecule has 4 rings (SSSR count). The predicted molar refractivity (Wildman–Crippen MR) is 109 cm³/mol. The average Bonchev–Trinajstić information content (AvgIpc) is 3.16. The van der Waals surface area contributed by atoms with Crippen molar-refractivity contribution in [3.8, 4) is 5.69 Å². The number of para-hydroxylation sites is 1. The molecule has 4 aromatic rings. The van der Waals surface area contributed by atoms with Gasteiger partial charge in [0, 0.05) is 18.3 Å². The monoisotopic (exact) mass is 405 g/mol. The SMILES string of the molecule is Cc1cc(=O)c(C(=O)OCCCn2cnc3c(N)ncnc32)nn1-c1ccccc1. The third-order valence-electron chi connectivity index (χ3n) is 4.51. The highest BCUT2D eigenvalue weighted by Gasteiger charge is 2.17. The Kier molecular flexibility index (Phi) is 5.21. The molecule has 30 heavy (non-hydrogen) atoms. The zero-order valence-corrected chi connectivity index (χ0v) is 16.2. The second-order valence-electron chi connectivity index (χ2n) is 6.60. The minimum atomic E-state index is -0.758. The first-order chi connectivity index (χ1) is 14.5. The second-order valence-corrected chi connectivity index (χ2v) is 6.60. The number of fused-ring (bicyclic) bond motifs is 1. The number of hydrogen-bond donors (Lipinski definition) is 1. The Morgan fingerprint density at radius 3 is 2.77 bits per heavy atom. The number of benzene rings is 1. The van der Waals surface area contributed by atoms with Gasteiger partial charge in [-0.3, -0.25) is 4.79 Å². The van der Waals surface area contributed by atoms with Crippen LogP contribution in [0.1, 0.15) is 22.6 Å². The second kappa shape index (κ2) is 8.11. The summed E-state index contributed by atoms with van der Waals surface area (Å²) in [6.07, 6.45) is 3.48. The Labute approximate surface area is 171 Å². The molecule has 3 heterocycles. The first kappa shape index (κ1) is 19.2. The number of nitrogen functional groups attached to an aromatic ring is 1. The van der Waals surface area contributed by atoms with E-state index in [1.165, 1.54) is 12.4 Å². The van der Waals surface area contributed by atoms with Crippen LogP contribution in [0.25, 0.3) is 16.9 Å². The van der Waals surface area contributed by atoms with Gasteiger partial charge in [-0.1, -0.05) is 18.2 Å². The third kappa shape index (κ3) is 3.75. The maximum atomic E-state index is 12.4. The van der Waals surface area contributed by atoms with Gasteiger partial charge in [-0.2, -0.15) is 5.10 Å². The Bertz CT molecular complexity index is 1260. The lowest BCUT2D eigenvalue weighted by Crippen LogP contribution is -2.24. The number of nitrogens with zero attached hydrogens (tertiary/aromatic N) is 6. The highest BCUT2D eigenvalue weighted by atomic mass is 16.5. The number of rotatable bonds is 6. The van der Waals surface area contributed by atoms with Crippen LogP contribution in [0.4, 0.5) is 5.82 Å². The number of esters is 1. The van der Waals surface area contributed by atoms with E-state index in [1.54, 1.807) is 22.5 Å². The van der Waals surface area contributed by atoms with Crippen LogP contribution in [0.15, 0.2) is 53.8 Å². The van der Waals surface area contributed by atoms with Gasteiger partial charge in [0.2, 0.25) is 11.1 Å². The molecular formula is C20H19N7O3. The van der Waals surface area contributed by atoms with Gasteiger partial charge in [0.15, 0.2) is 11.5 Å². The fourth-order valence-corrected chi connectivity index (χ4v) is 3.05. The maximum absolute atomic E-state index is 12.4. The van der Waals surface area contributed by atoms with Crippen molar-refractivity contribution in [2.75, 3.05) is 12.3 Å². The lowest BCUT2D eigenvalue weighted by Gasteiger charge is -2.11. The topological polar surface area (TPSA) is 131 Å². The molecule has 0 atom stereocenters. The van der Waals surface area contributed by atoms with E-state index in [4.69, 9.17) is 10.5 Å². The van der Waals surface area contributed by atoms with E-state index in [0.29, 0.717) is 35.6 Å². The summed E-state index contributed by atoms with van der Waals surface area (Å²) < 4.78 is 8.61. The van der Waals surface area contributed by atoms with Crippen molar-refractivity contribution in [3.05, 3.63) is 70.7 Å². The summed E-state index contributed by atoms with van der Waals surface area (Å²) in [6, 6.07) is 10.6. The standard InChI is InChI=1S/C20H19N7O3/c1-13-10-15(28)16(25-27(13)14-6-3-2-4-7-14)20(29)30-9-5-8-26-12-24-17-18(21)22-11-23-19(17)26/h2-4,6-7,10-12H,5,8-9H2,1H3,(H2,21,22,23). The number of ether oxygens (including phenoxy) is 1. The van der Waals surface area contributed by atoms with Crippen LogP contribution in [0.5, 0.6) is 0 Å². The molecule has 2 N–H and O–H groups in total. The van der Waals surface area contributed by atoms with Crippen molar-refractivity contribution in [1.29, 1.82) is 0 Å². The lowest BCUT2D eigenvalue weighted by atomic mass is 10.3. The fraction of sp³-hybridized carbons (Fsp3) is 0.200. The summed E-state index contributed by atoms with van der Waals surface area (Å²) in [4.78, 5) is 36.9. The van der Waals surface area contributed by atoms with E-state index in [0.717, 1.165) is 5.69 Å². The molecule has 0 saturated carbocycles. The first-order valence-corrected chi connectivity index (χ1v) is 9.29. The molecule has 0 bridgehead atoms. The molecular weight excluding hydrogens is 386 g/mol.